The van der Waals surface area contributed by atoms with E-state index in [-0.39, 0.29) is 30.8 Å². The van der Waals surface area contributed by atoms with E-state index in [2.05, 4.69) is 5.32 Å². The summed E-state index contributed by atoms with van der Waals surface area (Å²) in [6.45, 7) is 4.25. The van der Waals surface area contributed by atoms with Gasteiger partial charge in [0.15, 0.2) is 0 Å². The molecule has 0 spiro atoms. The van der Waals surface area contributed by atoms with Crippen molar-refractivity contribution in [3.05, 3.63) is 57.8 Å². The van der Waals surface area contributed by atoms with Crippen LogP contribution in [0, 0.1) is 0 Å². The molecule has 1 heterocycles. The molecule has 0 unspecified atom stereocenters. The van der Waals surface area contributed by atoms with Crippen molar-refractivity contribution < 1.29 is 19.5 Å². The number of hydrogen-bond acceptors (Lipinski definition) is 4. The highest BCUT2D eigenvalue weighted by Crippen LogP contribution is 2.12. The molecule has 7 heteroatoms. The zero-order chi connectivity index (χ0) is 19.1. The lowest BCUT2D eigenvalue weighted by molar-refractivity contribution is -0.137. The first-order valence-corrected chi connectivity index (χ1v) is 9.20. The van der Waals surface area contributed by atoms with Gasteiger partial charge in [0.25, 0.3) is 11.8 Å². The lowest BCUT2D eigenvalue weighted by Gasteiger charge is -2.26. The van der Waals surface area contributed by atoms with E-state index in [1.165, 1.54) is 11.3 Å². The van der Waals surface area contributed by atoms with Gasteiger partial charge in [-0.3, -0.25) is 14.4 Å². The zero-order valence-electron chi connectivity index (χ0n) is 14.8. The van der Waals surface area contributed by atoms with Crippen LogP contribution < -0.4 is 5.32 Å². The average Bonchev–Trinajstić information content (AvgIpc) is 3.14. The maximum absolute atomic E-state index is 12.6. The van der Waals surface area contributed by atoms with Crippen LogP contribution in [0.25, 0.3) is 0 Å². The summed E-state index contributed by atoms with van der Waals surface area (Å²) in [6, 6.07) is 10.5. The van der Waals surface area contributed by atoms with Crippen LogP contribution in [0.5, 0.6) is 0 Å². The van der Waals surface area contributed by atoms with Crippen molar-refractivity contribution in [1.29, 1.82) is 0 Å². The van der Waals surface area contributed by atoms with Gasteiger partial charge in [0.1, 0.15) is 0 Å². The summed E-state index contributed by atoms with van der Waals surface area (Å²) in [6.07, 6.45) is -0.0866. The molecule has 0 fully saturated rings. The van der Waals surface area contributed by atoms with E-state index >= 15 is 0 Å². The van der Waals surface area contributed by atoms with Crippen LogP contribution in [-0.2, 0) is 11.3 Å². The van der Waals surface area contributed by atoms with Gasteiger partial charge in [-0.05, 0) is 43.0 Å². The number of carbonyl (C=O) groups excluding carboxylic acids is 2. The average molecular weight is 374 g/mol. The summed E-state index contributed by atoms with van der Waals surface area (Å²) in [5.41, 5.74) is 1.38. The van der Waals surface area contributed by atoms with Crippen LogP contribution in [0.1, 0.15) is 45.9 Å². The molecule has 0 radical (unpaired) electrons. The summed E-state index contributed by atoms with van der Waals surface area (Å²) in [7, 11) is 0. The highest BCUT2D eigenvalue weighted by Gasteiger charge is 2.19. The van der Waals surface area contributed by atoms with Crippen LogP contribution in [0.3, 0.4) is 0 Å². The minimum absolute atomic E-state index is 0.0866. The number of carboxylic acids is 1. The van der Waals surface area contributed by atoms with E-state index in [4.69, 9.17) is 5.11 Å². The zero-order valence-corrected chi connectivity index (χ0v) is 15.6. The van der Waals surface area contributed by atoms with Gasteiger partial charge in [-0.25, -0.2) is 0 Å². The van der Waals surface area contributed by atoms with Crippen LogP contribution >= 0.6 is 11.3 Å². The minimum atomic E-state index is -0.930. The monoisotopic (exact) mass is 374 g/mol. The molecule has 138 valence electrons. The number of hydrogen-bond donors (Lipinski definition) is 2. The van der Waals surface area contributed by atoms with Crippen LogP contribution in [0.15, 0.2) is 41.8 Å². The molecule has 0 atom stereocenters. The van der Waals surface area contributed by atoms with E-state index in [1.807, 2.05) is 25.3 Å². The third-order valence-corrected chi connectivity index (χ3v) is 4.72. The first kappa shape index (κ1) is 19.7. The molecule has 1 aromatic heterocycles. The Hall–Kier alpha value is -2.67. The molecule has 2 N–H and O–H groups in total. The Labute approximate surface area is 156 Å². The van der Waals surface area contributed by atoms with Crippen molar-refractivity contribution in [3.8, 4) is 0 Å². The maximum atomic E-state index is 12.6. The highest BCUT2D eigenvalue weighted by molar-refractivity contribution is 7.12. The predicted molar refractivity (Wildman–Crippen MR) is 100 cm³/mol. The van der Waals surface area contributed by atoms with Gasteiger partial charge in [0.05, 0.1) is 11.3 Å². The van der Waals surface area contributed by atoms with Crippen molar-refractivity contribution >= 4 is 29.1 Å². The van der Waals surface area contributed by atoms with Gasteiger partial charge in [0, 0.05) is 24.7 Å². The fourth-order valence-electron chi connectivity index (χ4n) is 2.42. The first-order valence-electron chi connectivity index (χ1n) is 8.32. The second-order valence-corrected chi connectivity index (χ2v) is 7.04. The van der Waals surface area contributed by atoms with Gasteiger partial charge in [-0.2, -0.15) is 0 Å². The number of carbonyl (C=O) groups is 3. The Morgan fingerprint density at radius 1 is 1.15 bits per heavy atom. The molecule has 0 aliphatic rings. The van der Waals surface area contributed by atoms with Gasteiger partial charge >= 0.3 is 5.97 Å². The van der Waals surface area contributed by atoms with E-state index < -0.39 is 5.97 Å². The molecule has 2 amide bonds. The molecule has 0 aliphatic carbocycles. The Bertz CT molecular complexity index is 754. The summed E-state index contributed by atoms with van der Waals surface area (Å²) in [4.78, 5) is 37.5. The van der Waals surface area contributed by atoms with Crippen LogP contribution in [-0.4, -0.2) is 40.4 Å². The Morgan fingerprint density at radius 3 is 2.38 bits per heavy atom. The fourth-order valence-corrected chi connectivity index (χ4v) is 3.06. The van der Waals surface area contributed by atoms with Crippen molar-refractivity contribution in [2.24, 2.45) is 0 Å². The molecule has 0 saturated carbocycles. The molecule has 6 nitrogen and oxygen atoms in total. The molecule has 26 heavy (non-hydrogen) atoms. The third-order valence-electron chi connectivity index (χ3n) is 3.85. The summed E-state index contributed by atoms with van der Waals surface area (Å²) in [5, 5.41) is 13.5. The Balaban J connectivity index is 1.97. The van der Waals surface area contributed by atoms with E-state index in [0.29, 0.717) is 17.0 Å². The summed E-state index contributed by atoms with van der Waals surface area (Å²) < 4.78 is 0. The fraction of sp³-hybridized carbons (Fsp3) is 0.316. The van der Waals surface area contributed by atoms with Crippen LogP contribution in [0.2, 0.25) is 0 Å². The lowest BCUT2D eigenvalue weighted by Crippen LogP contribution is -2.38. The number of amides is 2. The molecular weight excluding hydrogens is 352 g/mol. The standard InChI is InChI=1S/C19H22N2O4S/c1-13(2)21(10-9-17(22)23)19(25)15-7-5-14(6-8-15)12-20-18(24)16-4-3-11-26-16/h3-8,11,13H,9-10,12H2,1-2H3,(H,20,24)(H,22,23). The van der Waals surface area contributed by atoms with E-state index in [1.54, 1.807) is 35.2 Å². The van der Waals surface area contributed by atoms with Gasteiger partial charge in [-0.15, -0.1) is 11.3 Å². The summed E-state index contributed by atoms with van der Waals surface area (Å²) >= 11 is 1.38. The maximum Gasteiger partial charge on any atom is 0.305 e. The second-order valence-electron chi connectivity index (χ2n) is 6.09. The number of nitrogens with zero attached hydrogens (tertiary/aromatic N) is 1. The van der Waals surface area contributed by atoms with Gasteiger partial charge < -0.3 is 15.3 Å². The smallest absolute Gasteiger partial charge is 0.305 e. The van der Waals surface area contributed by atoms with Crippen molar-refractivity contribution in [2.45, 2.75) is 32.9 Å². The number of aliphatic carboxylic acids is 1. The Morgan fingerprint density at radius 2 is 1.85 bits per heavy atom. The number of thiophene rings is 1. The largest absolute Gasteiger partial charge is 0.481 e. The Kier molecular flexibility index (Phi) is 6.91. The molecule has 0 saturated heterocycles. The predicted octanol–water partition coefficient (Wildman–Crippen LogP) is 3.00. The molecule has 2 aromatic rings. The molecule has 2 rings (SSSR count). The van der Waals surface area contributed by atoms with Crippen molar-refractivity contribution in [1.82, 2.24) is 10.2 Å². The quantitative estimate of drug-likeness (QED) is 0.744. The van der Waals surface area contributed by atoms with Gasteiger partial charge in [0.2, 0.25) is 0 Å². The van der Waals surface area contributed by atoms with Gasteiger partial charge in [-0.1, -0.05) is 18.2 Å². The summed E-state index contributed by atoms with van der Waals surface area (Å²) in [5.74, 6) is -1.25. The normalized spacial score (nSPS) is 10.6. The molecular formula is C19H22N2O4S. The number of benzene rings is 1. The molecule has 0 bridgehead atoms. The van der Waals surface area contributed by atoms with Crippen molar-refractivity contribution in [3.63, 3.8) is 0 Å². The minimum Gasteiger partial charge on any atom is -0.481 e. The number of nitrogens with one attached hydrogen (secondary N) is 1. The number of rotatable bonds is 8. The van der Waals surface area contributed by atoms with Crippen molar-refractivity contribution in [2.75, 3.05) is 6.54 Å². The van der Waals surface area contributed by atoms with E-state index in [9.17, 15) is 14.4 Å². The number of carboxylic acid groups (broad SMARTS) is 1. The first-order chi connectivity index (χ1) is 12.4. The highest BCUT2D eigenvalue weighted by atomic mass is 32.1. The SMILES string of the molecule is CC(C)N(CCC(=O)O)C(=O)c1ccc(CNC(=O)c2cccs2)cc1. The topological polar surface area (TPSA) is 86.7 Å². The molecule has 1 aromatic carbocycles. The van der Waals surface area contributed by atoms with Crippen LogP contribution in [0.4, 0.5) is 0 Å². The second kappa shape index (κ2) is 9.15. The van der Waals surface area contributed by atoms with E-state index in [0.717, 1.165) is 5.56 Å². The third kappa shape index (κ3) is 5.42. The lowest BCUT2D eigenvalue weighted by atomic mass is 10.1. The molecule has 0 aliphatic heterocycles.